The summed E-state index contributed by atoms with van der Waals surface area (Å²) in [6.07, 6.45) is 5.08. The molecule has 0 aliphatic heterocycles. The zero-order valence-electron chi connectivity index (χ0n) is 9.67. The van der Waals surface area contributed by atoms with Crippen LogP contribution in [0.25, 0.3) is 0 Å². The molecule has 2 nitrogen and oxygen atoms in total. The van der Waals surface area contributed by atoms with Gasteiger partial charge in [0.25, 0.3) is 0 Å². The monoisotopic (exact) mass is 282 g/mol. The standard InChI is InChI=1S/C13H12ClFN2S/c14-9-5-11(15)13(16-6-9)17-7-10-4-8-2-1-3-12(8)18-10/h4-6H,1-3,7H2,(H,16,17). The van der Waals surface area contributed by atoms with E-state index in [1.807, 2.05) is 11.3 Å². The topological polar surface area (TPSA) is 24.9 Å². The number of aryl methyl sites for hydroxylation is 2. The number of pyridine rings is 1. The van der Waals surface area contributed by atoms with Crippen LogP contribution in [0, 0.1) is 5.82 Å². The fraction of sp³-hybridized carbons (Fsp3) is 0.308. The summed E-state index contributed by atoms with van der Waals surface area (Å²) >= 11 is 7.47. The van der Waals surface area contributed by atoms with Crippen molar-refractivity contribution in [2.45, 2.75) is 25.8 Å². The molecule has 0 unspecified atom stereocenters. The van der Waals surface area contributed by atoms with E-state index in [0.29, 0.717) is 11.6 Å². The van der Waals surface area contributed by atoms with Gasteiger partial charge in [0.1, 0.15) is 0 Å². The molecule has 0 radical (unpaired) electrons. The lowest BCUT2D eigenvalue weighted by Crippen LogP contribution is -2.02. The number of fused-ring (bicyclic) bond motifs is 1. The fourth-order valence-corrected chi connectivity index (χ4v) is 3.54. The first-order chi connectivity index (χ1) is 8.72. The minimum absolute atomic E-state index is 0.257. The molecule has 3 rings (SSSR count). The van der Waals surface area contributed by atoms with Crippen molar-refractivity contribution >= 4 is 28.8 Å². The maximum atomic E-state index is 13.5. The molecular formula is C13H12ClFN2S. The van der Waals surface area contributed by atoms with Crippen molar-refractivity contribution < 1.29 is 4.39 Å². The van der Waals surface area contributed by atoms with Gasteiger partial charge in [-0.2, -0.15) is 0 Å². The summed E-state index contributed by atoms with van der Waals surface area (Å²) in [6.45, 7) is 0.614. The molecule has 0 fully saturated rings. The third-order valence-corrected chi connectivity index (χ3v) is 4.48. The van der Waals surface area contributed by atoms with Crippen molar-refractivity contribution in [1.29, 1.82) is 0 Å². The Morgan fingerprint density at radius 3 is 3.06 bits per heavy atom. The van der Waals surface area contributed by atoms with Gasteiger partial charge in [-0.05, 0) is 37.0 Å². The molecule has 0 bridgehead atoms. The largest absolute Gasteiger partial charge is 0.363 e. The molecule has 2 aromatic heterocycles. The second-order valence-corrected chi connectivity index (χ2v) is 6.01. The maximum absolute atomic E-state index is 13.5. The summed E-state index contributed by atoms with van der Waals surface area (Å²) in [5, 5.41) is 3.32. The normalized spacial score (nSPS) is 13.7. The third kappa shape index (κ3) is 2.35. The molecule has 94 valence electrons. The number of anilines is 1. The van der Waals surface area contributed by atoms with Gasteiger partial charge in [0.15, 0.2) is 11.6 Å². The molecule has 0 saturated carbocycles. The number of halogens is 2. The molecule has 0 aromatic carbocycles. The van der Waals surface area contributed by atoms with Crippen LogP contribution >= 0.6 is 22.9 Å². The minimum Gasteiger partial charge on any atom is -0.363 e. The van der Waals surface area contributed by atoms with Gasteiger partial charge in [0.05, 0.1) is 11.6 Å². The van der Waals surface area contributed by atoms with E-state index in [4.69, 9.17) is 11.6 Å². The van der Waals surface area contributed by atoms with E-state index in [2.05, 4.69) is 16.4 Å². The predicted octanol–water partition coefficient (Wildman–Crippen LogP) is 4.04. The van der Waals surface area contributed by atoms with Crippen molar-refractivity contribution in [2.75, 3.05) is 5.32 Å². The zero-order chi connectivity index (χ0) is 12.5. The van der Waals surface area contributed by atoms with Gasteiger partial charge in [-0.1, -0.05) is 11.6 Å². The summed E-state index contributed by atoms with van der Waals surface area (Å²) in [6, 6.07) is 3.49. The van der Waals surface area contributed by atoms with Gasteiger partial charge in [0.2, 0.25) is 0 Å². The van der Waals surface area contributed by atoms with Crippen molar-refractivity contribution in [3.63, 3.8) is 0 Å². The number of nitrogens with zero attached hydrogens (tertiary/aromatic N) is 1. The Balaban J connectivity index is 1.70. The van der Waals surface area contributed by atoms with Crippen LogP contribution in [0.5, 0.6) is 0 Å². The Hall–Kier alpha value is -1.13. The predicted molar refractivity (Wildman–Crippen MR) is 72.9 cm³/mol. The fourth-order valence-electron chi connectivity index (χ4n) is 2.19. The lowest BCUT2D eigenvalue weighted by Gasteiger charge is -2.05. The second-order valence-electron chi connectivity index (χ2n) is 4.35. The average molecular weight is 283 g/mol. The van der Waals surface area contributed by atoms with Gasteiger partial charge in [0, 0.05) is 16.0 Å². The Bertz CT molecular complexity index is 561. The van der Waals surface area contributed by atoms with Crippen molar-refractivity contribution in [2.24, 2.45) is 0 Å². The highest BCUT2D eigenvalue weighted by Gasteiger charge is 2.14. The Kier molecular flexibility index (Phi) is 3.22. The second kappa shape index (κ2) is 4.86. The first-order valence-corrected chi connectivity index (χ1v) is 7.07. The third-order valence-electron chi connectivity index (χ3n) is 3.04. The number of nitrogens with one attached hydrogen (secondary N) is 1. The highest BCUT2D eigenvalue weighted by atomic mass is 35.5. The minimum atomic E-state index is -0.411. The smallest absolute Gasteiger partial charge is 0.166 e. The van der Waals surface area contributed by atoms with Crippen LogP contribution in [0.4, 0.5) is 10.2 Å². The summed E-state index contributed by atoms with van der Waals surface area (Å²) in [5.41, 5.74) is 1.46. The van der Waals surface area contributed by atoms with Crippen molar-refractivity contribution in [3.05, 3.63) is 44.5 Å². The van der Waals surface area contributed by atoms with E-state index in [1.54, 1.807) is 0 Å². The molecule has 5 heteroatoms. The van der Waals surface area contributed by atoms with Crippen LogP contribution in [0.2, 0.25) is 5.02 Å². The summed E-state index contributed by atoms with van der Waals surface area (Å²) < 4.78 is 13.5. The van der Waals surface area contributed by atoms with E-state index >= 15 is 0 Å². The highest BCUT2D eigenvalue weighted by Crippen LogP contribution is 2.31. The van der Waals surface area contributed by atoms with E-state index in [1.165, 1.54) is 46.8 Å². The summed E-state index contributed by atoms with van der Waals surface area (Å²) in [5.74, 6) is -0.153. The molecule has 0 amide bonds. The zero-order valence-corrected chi connectivity index (χ0v) is 11.2. The SMILES string of the molecule is Fc1cc(Cl)cnc1NCc1cc2c(s1)CCC2. The molecule has 1 N–H and O–H groups in total. The van der Waals surface area contributed by atoms with Crippen LogP contribution in [0.1, 0.15) is 21.7 Å². The van der Waals surface area contributed by atoms with Crippen LogP contribution < -0.4 is 5.32 Å². The maximum Gasteiger partial charge on any atom is 0.166 e. The first-order valence-electron chi connectivity index (χ1n) is 5.88. The van der Waals surface area contributed by atoms with Crippen LogP contribution in [0.3, 0.4) is 0 Å². The average Bonchev–Trinajstić information content (AvgIpc) is 2.88. The Labute approximate surface area is 114 Å². The lowest BCUT2D eigenvalue weighted by molar-refractivity contribution is 0.624. The number of thiophene rings is 1. The van der Waals surface area contributed by atoms with Crippen molar-refractivity contribution in [3.8, 4) is 0 Å². The number of hydrogen-bond acceptors (Lipinski definition) is 3. The number of hydrogen-bond donors (Lipinski definition) is 1. The van der Waals surface area contributed by atoms with E-state index in [-0.39, 0.29) is 5.82 Å². The van der Waals surface area contributed by atoms with Crippen molar-refractivity contribution in [1.82, 2.24) is 4.98 Å². The van der Waals surface area contributed by atoms with Crippen LogP contribution in [0.15, 0.2) is 18.3 Å². The molecule has 1 aliphatic rings. The van der Waals surface area contributed by atoms with Gasteiger partial charge in [-0.3, -0.25) is 0 Å². The molecule has 0 spiro atoms. The Morgan fingerprint density at radius 1 is 1.39 bits per heavy atom. The summed E-state index contributed by atoms with van der Waals surface area (Å²) in [4.78, 5) is 6.66. The molecule has 1 aliphatic carbocycles. The molecule has 2 heterocycles. The highest BCUT2D eigenvalue weighted by molar-refractivity contribution is 7.12. The summed E-state index contributed by atoms with van der Waals surface area (Å²) in [7, 11) is 0. The van der Waals surface area contributed by atoms with Gasteiger partial charge >= 0.3 is 0 Å². The lowest BCUT2D eigenvalue weighted by atomic mass is 10.2. The van der Waals surface area contributed by atoms with E-state index in [0.717, 1.165) is 0 Å². The molecule has 0 atom stereocenters. The number of aromatic nitrogens is 1. The Morgan fingerprint density at radius 2 is 2.28 bits per heavy atom. The molecule has 18 heavy (non-hydrogen) atoms. The molecular weight excluding hydrogens is 271 g/mol. The number of rotatable bonds is 3. The van der Waals surface area contributed by atoms with Gasteiger partial charge in [-0.15, -0.1) is 11.3 Å². The molecule has 2 aromatic rings. The molecule has 0 saturated heterocycles. The van der Waals surface area contributed by atoms with Gasteiger partial charge in [-0.25, -0.2) is 9.37 Å². The van der Waals surface area contributed by atoms with E-state index in [9.17, 15) is 4.39 Å². The van der Waals surface area contributed by atoms with Gasteiger partial charge < -0.3 is 5.32 Å². The van der Waals surface area contributed by atoms with Crippen LogP contribution in [-0.2, 0) is 19.4 Å². The first kappa shape index (κ1) is 11.9. The van der Waals surface area contributed by atoms with Crippen LogP contribution in [-0.4, -0.2) is 4.98 Å². The van der Waals surface area contributed by atoms with E-state index < -0.39 is 5.82 Å². The quantitative estimate of drug-likeness (QED) is 0.919.